The molecule has 0 aromatic carbocycles. The Kier molecular flexibility index (Phi) is 4.18. The number of oxazole rings is 1. The van der Waals surface area contributed by atoms with E-state index >= 15 is 0 Å². The van der Waals surface area contributed by atoms with Crippen LogP contribution < -0.4 is 5.50 Å². The van der Waals surface area contributed by atoms with E-state index in [4.69, 9.17) is 18.6 Å². The number of hydrogen-bond acceptors (Lipinski definition) is 4. The predicted molar refractivity (Wildman–Crippen MR) is 73.8 cm³/mol. The molecule has 0 bridgehead atoms. The van der Waals surface area contributed by atoms with Crippen LogP contribution in [0.5, 0.6) is 0 Å². The molecule has 0 unspecified atom stereocenters. The third-order valence-corrected chi connectivity index (χ3v) is 3.56. The molecule has 0 amide bonds. The second-order valence-electron chi connectivity index (χ2n) is 5.01. The average Bonchev–Trinajstić information content (AvgIpc) is 2.92. The Bertz CT molecular complexity index is 637. The molecule has 20 heavy (non-hydrogen) atoms. The first-order valence-electron chi connectivity index (χ1n) is 6.46. The first-order valence-corrected chi connectivity index (χ1v) is 8.07. The third-order valence-electron chi connectivity index (χ3n) is 2.75. The summed E-state index contributed by atoms with van der Waals surface area (Å²) in [5.41, 5.74) is 0.166. The third kappa shape index (κ3) is 3.20. The monoisotopic (exact) mass is 299 g/mol. The molecular weight excluding hydrogens is 281 g/mol. The lowest BCUT2D eigenvalue weighted by atomic mass is 10.1. The number of aryl methyl sites for hydroxylation is 1. The van der Waals surface area contributed by atoms with E-state index in [1.807, 2.05) is 6.92 Å². The SMILES string of the molecule is CCc1nc(-c2ccc(P(=O)(O)O)o2)c(CC(C)C)o1. The van der Waals surface area contributed by atoms with Gasteiger partial charge in [0.15, 0.2) is 11.7 Å². The van der Waals surface area contributed by atoms with Gasteiger partial charge >= 0.3 is 7.60 Å². The molecule has 7 heteroatoms. The van der Waals surface area contributed by atoms with Crippen molar-refractivity contribution in [3.05, 3.63) is 23.8 Å². The maximum absolute atomic E-state index is 11.2. The molecule has 0 saturated carbocycles. The minimum absolute atomic E-state index is 0.322. The van der Waals surface area contributed by atoms with Crippen molar-refractivity contribution in [2.75, 3.05) is 0 Å². The molecule has 0 aliphatic carbocycles. The Morgan fingerprint density at radius 1 is 1.30 bits per heavy atom. The predicted octanol–water partition coefficient (Wildman–Crippen LogP) is 2.50. The normalized spacial score (nSPS) is 12.3. The molecule has 0 radical (unpaired) electrons. The van der Waals surface area contributed by atoms with Crippen molar-refractivity contribution in [1.82, 2.24) is 4.98 Å². The van der Waals surface area contributed by atoms with Crippen molar-refractivity contribution in [2.24, 2.45) is 5.92 Å². The molecule has 110 valence electrons. The summed E-state index contributed by atoms with van der Waals surface area (Å²) >= 11 is 0. The lowest BCUT2D eigenvalue weighted by molar-refractivity contribution is 0.377. The number of aromatic nitrogens is 1. The van der Waals surface area contributed by atoms with Gasteiger partial charge in [-0.2, -0.15) is 0 Å². The molecular formula is C13H18NO5P. The summed E-state index contributed by atoms with van der Waals surface area (Å²) in [4.78, 5) is 22.5. The van der Waals surface area contributed by atoms with E-state index in [-0.39, 0.29) is 5.50 Å². The van der Waals surface area contributed by atoms with E-state index in [2.05, 4.69) is 18.8 Å². The van der Waals surface area contributed by atoms with Crippen LogP contribution in [0.25, 0.3) is 11.5 Å². The highest BCUT2D eigenvalue weighted by atomic mass is 31.2. The Labute approximate surface area is 117 Å². The van der Waals surface area contributed by atoms with E-state index in [0.717, 1.165) is 0 Å². The Morgan fingerprint density at radius 2 is 2.00 bits per heavy atom. The molecule has 0 aliphatic rings. The number of rotatable bonds is 5. The lowest BCUT2D eigenvalue weighted by Gasteiger charge is -2.02. The lowest BCUT2D eigenvalue weighted by Crippen LogP contribution is -1.98. The summed E-state index contributed by atoms with van der Waals surface area (Å²) in [7, 11) is -4.39. The van der Waals surface area contributed by atoms with E-state index < -0.39 is 7.60 Å². The summed E-state index contributed by atoms with van der Waals surface area (Å²) < 4.78 is 22.0. The summed E-state index contributed by atoms with van der Waals surface area (Å²) in [6.45, 7) is 6.04. The Hall–Kier alpha value is -1.36. The molecule has 2 N–H and O–H groups in total. The van der Waals surface area contributed by atoms with Gasteiger partial charge in [-0.15, -0.1) is 0 Å². The smallest absolute Gasteiger partial charge is 0.391 e. The van der Waals surface area contributed by atoms with Crippen LogP contribution in [-0.2, 0) is 17.4 Å². The van der Waals surface area contributed by atoms with Gasteiger partial charge in [-0.05, 0) is 18.1 Å². The fourth-order valence-electron chi connectivity index (χ4n) is 1.86. The van der Waals surface area contributed by atoms with Crippen molar-refractivity contribution in [2.45, 2.75) is 33.6 Å². The quantitative estimate of drug-likeness (QED) is 0.823. The van der Waals surface area contributed by atoms with Gasteiger partial charge in [0.25, 0.3) is 0 Å². The van der Waals surface area contributed by atoms with Gasteiger partial charge in [0.1, 0.15) is 11.5 Å². The van der Waals surface area contributed by atoms with E-state index in [1.165, 1.54) is 12.1 Å². The van der Waals surface area contributed by atoms with Gasteiger partial charge in [0.2, 0.25) is 5.50 Å². The standard InChI is InChI=1S/C13H18NO5P/c1-4-11-14-13(10(18-11)7-8(2)3)9-5-6-12(19-9)20(15,16)17/h5-6,8H,4,7H2,1-3H3,(H2,15,16,17). The maximum atomic E-state index is 11.2. The van der Waals surface area contributed by atoms with Crippen LogP contribution in [0.4, 0.5) is 0 Å². The van der Waals surface area contributed by atoms with Gasteiger partial charge in [-0.3, -0.25) is 4.57 Å². The van der Waals surface area contributed by atoms with Crippen LogP contribution >= 0.6 is 7.60 Å². The number of nitrogens with zero attached hydrogens (tertiary/aromatic N) is 1. The molecule has 0 atom stereocenters. The Morgan fingerprint density at radius 3 is 2.50 bits per heavy atom. The molecule has 6 nitrogen and oxygen atoms in total. The Balaban J connectivity index is 2.43. The van der Waals surface area contributed by atoms with Crippen molar-refractivity contribution in [1.29, 1.82) is 0 Å². The van der Waals surface area contributed by atoms with Crippen molar-refractivity contribution < 1.29 is 23.2 Å². The summed E-state index contributed by atoms with van der Waals surface area (Å²) in [5, 5.41) is 0. The van der Waals surface area contributed by atoms with Gasteiger partial charge in [-0.1, -0.05) is 20.8 Å². The largest absolute Gasteiger partial charge is 0.446 e. The van der Waals surface area contributed by atoms with Crippen molar-refractivity contribution >= 4 is 13.1 Å². The highest BCUT2D eigenvalue weighted by Gasteiger charge is 2.25. The maximum Gasteiger partial charge on any atom is 0.391 e. The minimum atomic E-state index is -4.39. The van der Waals surface area contributed by atoms with Crippen LogP contribution in [0.2, 0.25) is 0 Å². The van der Waals surface area contributed by atoms with Crippen molar-refractivity contribution in [3.63, 3.8) is 0 Å². The second kappa shape index (κ2) is 5.56. The molecule has 0 fully saturated rings. The fraction of sp³-hybridized carbons (Fsp3) is 0.462. The van der Waals surface area contributed by atoms with Gasteiger partial charge in [-0.25, -0.2) is 4.98 Å². The summed E-state index contributed by atoms with van der Waals surface area (Å²) in [6, 6.07) is 2.78. The van der Waals surface area contributed by atoms with Gasteiger partial charge < -0.3 is 18.6 Å². The summed E-state index contributed by atoms with van der Waals surface area (Å²) in [5.74, 6) is 1.97. The first kappa shape index (κ1) is 15.0. The first-order chi connectivity index (χ1) is 9.31. The zero-order valence-corrected chi connectivity index (χ0v) is 12.6. The molecule has 2 aromatic rings. The van der Waals surface area contributed by atoms with Gasteiger partial charge in [0.05, 0.1) is 0 Å². The average molecular weight is 299 g/mol. The molecule has 2 rings (SSSR count). The van der Waals surface area contributed by atoms with E-state index in [1.54, 1.807) is 0 Å². The summed E-state index contributed by atoms with van der Waals surface area (Å²) in [6.07, 6.45) is 1.34. The molecule has 2 heterocycles. The molecule has 0 spiro atoms. The fourth-order valence-corrected chi connectivity index (χ4v) is 2.35. The second-order valence-corrected chi connectivity index (χ2v) is 6.54. The van der Waals surface area contributed by atoms with Crippen LogP contribution in [0.15, 0.2) is 21.0 Å². The molecule has 0 aliphatic heterocycles. The highest BCUT2D eigenvalue weighted by molar-refractivity contribution is 7.59. The zero-order chi connectivity index (χ0) is 14.9. The van der Waals surface area contributed by atoms with Gasteiger partial charge in [0, 0.05) is 12.8 Å². The molecule has 0 saturated heterocycles. The number of hydrogen-bond donors (Lipinski definition) is 2. The zero-order valence-electron chi connectivity index (χ0n) is 11.7. The van der Waals surface area contributed by atoms with Crippen LogP contribution in [0.3, 0.4) is 0 Å². The highest BCUT2D eigenvalue weighted by Crippen LogP contribution is 2.36. The van der Waals surface area contributed by atoms with Crippen LogP contribution in [0.1, 0.15) is 32.4 Å². The number of furan rings is 1. The minimum Gasteiger partial charge on any atom is -0.446 e. The molecule has 2 aromatic heterocycles. The van der Waals surface area contributed by atoms with Crippen LogP contribution in [-0.4, -0.2) is 14.8 Å². The topological polar surface area (TPSA) is 96.7 Å². The van der Waals surface area contributed by atoms with Crippen molar-refractivity contribution in [3.8, 4) is 11.5 Å². The van der Waals surface area contributed by atoms with E-state index in [9.17, 15) is 4.57 Å². The van der Waals surface area contributed by atoms with Crippen LogP contribution in [0, 0.1) is 5.92 Å². The van der Waals surface area contributed by atoms with E-state index in [0.29, 0.717) is 41.9 Å².